The van der Waals surface area contributed by atoms with Gasteiger partial charge < -0.3 is 9.88 Å². The average Bonchev–Trinajstić information content (AvgIpc) is 2.70. The Labute approximate surface area is 132 Å². The van der Waals surface area contributed by atoms with Gasteiger partial charge in [-0.25, -0.2) is 8.42 Å². The fourth-order valence-corrected chi connectivity index (χ4v) is 3.07. The molecule has 2 aromatic rings. The Balaban J connectivity index is 2.35. The zero-order valence-electron chi connectivity index (χ0n) is 11.8. The Hall–Kier alpha value is -1.60. The molecule has 0 saturated heterocycles. The van der Waals surface area contributed by atoms with E-state index in [1.54, 1.807) is 29.9 Å². The van der Waals surface area contributed by atoms with Crippen molar-refractivity contribution in [2.75, 3.05) is 11.6 Å². The third-order valence-corrected chi connectivity index (χ3v) is 4.63. The Kier molecular flexibility index (Phi) is 4.25. The molecule has 2 rings (SSSR count). The molecule has 0 spiro atoms. The van der Waals surface area contributed by atoms with E-state index >= 15 is 0 Å². The smallest absolute Gasteiger partial charge is 0.272 e. The van der Waals surface area contributed by atoms with Crippen LogP contribution in [0.5, 0.6) is 0 Å². The van der Waals surface area contributed by atoms with E-state index in [4.69, 9.17) is 0 Å². The zero-order chi connectivity index (χ0) is 15.8. The second kappa shape index (κ2) is 5.65. The zero-order valence-corrected chi connectivity index (χ0v) is 14.2. The van der Waals surface area contributed by atoms with Gasteiger partial charge in [0, 0.05) is 29.7 Å². The minimum Gasteiger partial charge on any atom is -0.345 e. The normalized spacial score (nSPS) is 11.4. The summed E-state index contributed by atoms with van der Waals surface area (Å²) in [7, 11) is -1.55. The van der Waals surface area contributed by atoms with Crippen LogP contribution in [0.1, 0.15) is 16.1 Å². The number of sulfone groups is 1. The summed E-state index contributed by atoms with van der Waals surface area (Å²) in [6.45, 7) is 1.81. The number of halogens is 1. The number of amides is 1. The largest absolute Gasteiger partial charge is 0.345 e. The van der Waals surface area contributed by atoms with Crippen LogP contribution in [0, 0.1) is 6.92 Å². The van der Waals surface area contributed by atoms with Crippen LogP contribution in [0.25, 0.3) is 0 Å². The van der Waals surface area contributed by atoms with Crippen LogP contribution in [0.15, 0.2) is 39.8 Å². The van der Waals surface area contributed by atoms with Crippen molar-refractivity contribution in [3.8, 4) is 0 Å². The molecule has 1 aromatic heterocycles. The first-order chi connectivity index (χ1) is 9.68. The van der Waals surface area contributed by atoms with Crippen LogP contribution < -0.4 is 5.32 Å². The van der Waals surface area contributed by atoms with Crippen molar-refractivity contribution < 1.29 is 13.2 Å². The number of nitrogens with zero attached hydrogens (tertiary/aromatic N) is 1. The van der Waals surface area contributed by atoms with Crippen molar-refractivity contribution in [1.82, 2.24) is 4.57 Å². The molecule has 1 aromatic carbocycles. The third-order valence-electron chi connectivity index (χ3n) is 3.09. The lowest BCUT2D eigenvalue weighted by Crippen LogP contribution is -2.16. The predicted molar refractivity (Wildman–Crippen MR) is 85.4 cm³/mol. The van der Waals surface area contributed by atoms with Crippen LogP contribution >= 0.6 is 15.9 Å². The van der Waals surface area contributed by atoms with Crippen molar-refractivity contribution in [3.05, 3.63) is 46.2 Å². The number of anilines is 1. The van der Waals surface area contributed by atoms with Crippen molar-refractivity contribution >= 4 is 37.4 Å². The maximum Gasteiger partial charge on any atom is 0.272 e. The first kappa shape index (κ1) is 15.8. The minimum absolute atomic E-state index is 0.177. The van der Waals surface area contributed by atoms with Crippen LogP contribution in [0.2, 0.25) is 0 Å². The predicted octanol–water partition coefficient (Wildman–Crippen LogP) is 2.75. The molecule has 0 fully saturated rings. The summed E-state index contributed by atoms with van der Waals surface area (Å²) in [5.41, 5.74) is 1.76. The molecule has 0 radical (unpaired) electrons. The Morgan fingerprint density at radius 1 is 1.29 bits per heavy atom. The fourth-order valence-electron chi connectivity index (χ4n) is 1.90. The van der Waals surface area contributed by atoms with Gasteiger partial charge in [0.25, 0.3) is 5.91 Å². The summed E-state index contributed by atoms with van der Waals surface area (Å²) in [5, 5.41) is 2.75. The molecule has 1 N–H and O–H groups in total. The number of aryl methyl sites for hydroxylation is 2. The van der Waals surface area contributed by atoms with Gasteiger partial charge in [0.1, 0.15) is 5.69 Å². The van der Waals surface area contributed by atoms with Gasteiger partial charge in [0.15, 0.2) is 9.84 Å². The molecule has 0 aliphatic heterocycles. The van der Waals surface area contributed by atoms with Gasteiger partial charge in [-0.05, 0) is 46.6 Å². The number of hydrogen-bond donors (Lipinski definition) is 1. The van der Waals surface area contributed by atoms with Crippen LogP contribution in [0.4, 0.5) is 5.69 Å². The number of hydrogen-bond acceptors (Lipinski definition) is 3. The Bertz CT molecular complexity index is 810. The van der Waals surface area contributed by atoms with Crippen molar-refractivity contribution in [3.63, 3.8) is 0 Å². The summed E-state index contributed by atoms with van der Waals surface area (Å²) in [5.74, 6) is -0.294. The van der Waals surface area contributed by atoms with E-state index in [1.165, 1.54) is 12.1 Å². The maximum absolute atomic E-state index is 12.3. The van der Waals surface area contributed by atoms with Crippen molar-refractivity contribution in [1.29, 1.82) is 0 Å². The standard InChI is InChI=1S/C14H15BrN2O3S/c1-9-4-5-11(21(3,19)20)7-12(9)16-14(18)13-6-10(15)8-17(13)2/h4-8H,1-3H3,(H,16,18). The van der Waals surface area contributed by atoms with Crippen LogP contribution in [-0.2, 0) is 16.9 Å². The number of rotatable bonds is 3. The van der Waals surface area contributed by atoms with E-state index in [1.807, 2.05) is 6.92 Å². The van der Waals surface area contributed by atoms with Crippen LogP contribution in [-0.4, -0.2) is 25.1 Å². The van der Waals surface area contributed by atoms with Gasteiger partial charge in [-0.1, -0.05) is 6.07 Å². The number of carbonyl (C=O) groups is 1. The number of carbonyl (C=O) groups excluding carboxylic acids is 1. The Morgan fingerprint density at radius 2 is 1.95 bits per heavy atom. The lowest BCUT2D eigenvalue weighted by molar-refractivity contribution is 0.101. The molecular formula is C14H15BrN2O3S. The third kappa shape index (κ3) is 3.54. The topological polar surface area (TPSA) is 68.2 Å². The molecular weight excluding hydrogens is 356 g/mol. The summed E-state index contributed by atoms with van der Waals surface area (Å²) in [6, 6.07) is 6.37. The van der Waals surface area contributed by atoms with Gasteiger partial charge in [0.2, 0.25) is 0 Å². The van der Waals surface area contributed by atoms with Gasteiger partial charge >= 0.3 is 0 Å². The highest BCUT2D eigenvalue weighted by atomic mass is 79.9. The minimum atomic E-state index is -3.31. The summed E-state index contributed by atoms with van der Waals surface area (Å²) in [6.07, 6.45) is 2.91. The van der Waals surface area contributed by atoms with Crippen molar-refractivity contribution in [2.24, 2.45) is 7.05 Å². The van der Waals surface area contributed by atoms with Gasteiger partial charge in [-0.15, -0.1) is 0 Å². The van der Waals surface area contributed by atoms with E-state index in [0.717, 1.165) is 16.3 Å². The number of nitrogens with one attached hydrogen (secondary N) is 1. The van der Waals surface area contributed by atoms with Gasteiger partial charge in [-0.2, -0.15) is 0 Å². The van der Waals surface area contributed by atoms with Gasteiger partial charge in [-0.3, -0.25) is 4.79 Å². The molecule has 0 atom stereocenters. The highest BCUT2D eigenvalue weighted by Gasteiger charge is 2.14. The fraction of sp³-hybridized carbons (Fsp3) is 0.214. The monoisotopic (exact) mass is 370 g/mol. The van der Waals surface area contributed by atoms with E-state index < -0.39 is 9.84 Å². The molecule has 0 aliphatic rings. The van der Waals surface area contributed by atoms with Crippen LogP contribution in [0.3, 0.4) is 0 Å². The van der Waals surface area contributed by atoms with E-state index in [0.29, 0.717) is 11.4 Å². The van der Waals surface area contributed by atoms with E-state index in [-0.39, 0.29) is 10.8 Å². The van der Waals surface area contributed by atoms with E-state index in [9.17, 15) is 13.2 Å². The molecule has 0 unspecified atom stereocenters. The first-order valence-corrected chi connectivity index (χ1v) is 8.81. The second-order valence-corrected chi connectivity index (χ2v) is 7.79. The average molecular weight is 371 g/mol. The summed E-state index contributed by atoms with van der Waals surface area (Å²) < 4.78 is 25.7. The Morgan fingerprint density at radius 3 is 2.48 bits per heavy atom. The summed E-state index contributed by atoms with van der Waals surface area (Å²) >= 11 is 3.31. The van der Waals surface area contributed by atoms with Crippen molar-refractivity contribution in [2.45, 2.75) is 11.8 Å². The quantitative estimate of drug-likeness (QED) is 0.902. The molecule has 112 valence electrons. The first-order valence-electron chi connectivity index (χ1n) is 6.12. The molecule has 0 aliphatic carbocycles. The molecule has 1 heterocycles. The molecule has 7 heteroatoms. The molecule has 0 saturated carbocycles. The SMILES string of the molecule is Cc1ccc(S(C)(=O)=O)cc1NC(=O)c1cc(Br)cn1C. The maximum atomic E-state index is 12.3. The highest BCUT2D eigenvalue weighted by molar-refractivity contribution is 9.10. The highest BCUT2D eigenvalue weighted by Crippen LogP contribution is 2.22. The second-order valence-electron chi connectivity index (χ2n) is 4.86. The lowest BCUT2D eigenvalue weighted by atomic mass is 10.2. The van der Waals surface area contributed by atoms with E-state index in [2.05, 4.69) is 21.2 Å². The molecule has 1 amide bonds. The number of aromatic nitrogens is 1. The van der Waals surface area contributed by atoms with Gasteiger partial charge in [0.05, 0.1) is 4.90 Å². The lowest BCUT2D eigenvalue weighted by Gasteiger charge is -2.10. The molecule has 5 nitrogen and oxygen atoms in total. The molecule has 0 bridgehead atoms. The number of benzene rings is 1. The summed E-state index contributed by atoms with van der Waals surface area (Å²) in [4.78, 5) is 12.4. The molecule has 21 heavy (non-hydrogen) atoms.